The third-order valence-corrected chi connectivity index (χ3v) is 2.97. The highest BCUT2D eigenvalue weighted by atomic mass is 16.6. The number of esters is 1. The first-order valence-corrected chi connectivity index (χ1v) is 7.91. The monoisotopic (exact) mass is 322 g/mol. The molecule has 0 bridgehead atoms. The number of carboxylic acid groups (broad SMARTS) is 1. The Labute approximate surface area is 137 Å². The number of ether oxygens (including phenoxy) is 2. The van der Waals surface area contributed by atoms with Crippen molar-refractivity contribution in [2.45, 2.75) is 58.5 Å². The molecule has 0 aliphatic heterocycles. The fourth-order valence-electron chi connectivity index (χ4n) is 2.05. The van der Waals surface area contributed by atoms with E-state index in [0.717, 1.165) is 24.8 Å². The van der Waals surface area contributed by atoms with Crippen LogP contribution >= 0.6 is 0 Å². The van der Waals surface area contributed by atoms with Crippen molar-refractivity contribution in [1.82, 2.24) is 0 Å². The zero-order valence-electron chi connectivity index (χ0n) is 14.1. The van der Waals surface area contributed by atoms with E-state index < -0.39 is 11.6 Å². The summed E-state index contributed by atoms with van der Waals surface area (Å²) < 4.78 is 10.8. The molecule has 128 valence electrons. The van der Waals surface area contributed by atoms with Crippen LogP contribution in [0.2, 0.25) is 0 Å². The van der Waals surface area contributed by atoms with Crippen molar-refractivity contribution in [3.05, 3.63) is 29.8 Å². The summed E-state index contributed by atoms with van der Waals surface area (Å²) in [6.45, 7) is 6.12. The number of benzene rings is 1. The highest BCUT2D eigenvalue weighted by molar-refractivity contribution is 5.70. The molecule has 5 heteroatoms. The zero-order chi connectivity index (χ0) is 17.3. The van der Waals surface area contributed by atoms with Crippen LogP contribution in [0.15, 0.2) is 24.3 Å². The van der Waals surface area contributed by atoms with Gasteiger partial charge in [-0.1, -0.05) is 12.1 Å². The van der Waals surface area contributed by atoms with Gasteiger partial charge >= 0.3 is 11.9 Å². The Bertz CT molecular complexity index is 516. The minimum absolute atomic E-state index is 0.00686. The van der Waals surface area contributed by atoms with E-state index in [1.165, 1.54) is 0 Å². The van der Waals surface area contributed by atoms with Crippen molar-refractivity contribution in [1.29, 1.82) is 0 Å². The van der Waals surface area contributed by atoms with E-state index in [0.29, 0.717) is 18.8 Å². The van der Waals surface area contributed by atoms with Crippen LogP contribution in [0.25, 0.3) is 0 Å². The lowest BCUT2D eigenvalue weighted by Gasteiger charge is -2.19. The SMILES string of the molecule is CC(C)(C)OC(=O)CCCCCOc1cccc(CC(=O)O)c1. The summed E-state index contributed by atoms with van der Waals surface area (Å²) in [7, 11) is 0. The first-order valence-electron chi connectivity index (χ1n) is 7.91. The number of hydrogen-bond donors (Lipinski definition) is 1. The van der Waals surface area contributed by atoms with Gasteiger partial charge < -0.3 is 14.6 Å². The van der Waals surface area contributed by atoms with Crippen molar-refractivity contribution in [3.8, 4) is 5.75 Å². The zero-order valence-corrected chi connectivity index (χ0v) is 14.1. The molecule has 0 fully saturated rings. The molecule has 1 N–H and O–H groups in total. The molecule has 1 rings (SSSR count). The molecule has 0 amide bonds. The van der Waals surface area contributed by atoms with Gasteiger partial charge in [0.2, 0.25) is 0 Å². The minimum atomic E-state index is -0.857. The largest absolute Gasteiger partial charge is 0.494 e. The van der Waals surface area contributed by atoms with Gasteiger partial charge in [0, 0.05) is 6.42 Å². The number of hydrogen-bond acceptors (Lipinski definition) is 4. The summed E-state index contributed by atoms with van der Waals surface area (Å²) in [4.78, 5) is 22.2. The Hall–Kier alpha value is -2.04. The molecular weight excluding hydrogens is 296 g/mol. The van der Waals surface area contributed by atoms with E-state index in [4.69, 9.17) is 14.6 Å². The lowest BCUT2D eigenvalue weighted by Crippen LogP contribution is -2.23. The molecule has 0 heterocycles. The summed E-state index contributed by atoms with van der Waals surface area (Å²) in [5, 5.41) is 8.77. The van der Waals surface area contributed by atoms with Gasteiger partial charge in [0.15, 0.2) is 0 Å². The number of carbonyl (C=O) groups excluding carboxylic acids is 1. The number of carbonyl (C=O) groups is 2. The summed E-state index contributed by atoms with van der Waals surface area (Å²) in [6.07, 6.45) is 2.91. The Morgan fingerprint density at radius 2 is 1.87 bits per heavy atom. The molecule has 0 atom stereocenters. The van der Waals surface area contributed by atoms with Crippen LogP contribution in [0, 0.1) is 0 Å². The van der Waals surface area contributed by atoms with Gasteiger partial charge in [-0.05, 0) is 57.7 Å². The molecule has 23 heavy (non-hydrogen) atoms. The van der Waals surface area contributed by atoms with E-state index in [1.807, 2.05) is 26.8 Å². The van der Waals surface area contributed by atoms with Crippen LogP contribution in [0.3, 0.4) is 0 Å². The van der Waals surface area contributed by atoms with E-state index in [1.54, 1.807) is 18.2 Å². The maximum absolute atomic E-state index is 11.5. The van der Waals surface area contributed by atoms with Gasteiger partial charge in [0.1, 0.15) is 11.4 Å². The molecule has 0 aliphatic carbocycles. The molecule has 5 nitrogen and oxygen atoms in total. The van der Waals surface area contributed by atoms with Gasteiger partial charge in [0.05, 0.1) is 13.0 Å². The first-order chi connectivity index (χ1) is 10.8. The Balaban J connectivity index is 2.18. The molecule has 0 saturated heterocycles. The molecular formula is C18H26O5. The van der Waals surface area contributed by atoms with Crippen molar-refractivity contribution in [2.75, 3.05) is 6.61 Å². The maximum atomic E-state index is 11.5. The van der Waals surface area contributed by atoms with Gasteiger partial charge in [-0.3, -0.25) is 9.59 Å². The number of unbranched alkanes of at least 4 members (excludes halogenated alkanes) is 2. The quantitative estimate of drug-likeness (QED) is 0.555. The van der Waals surface area contributed by atoms with E-state index in [2.05, 4.69) is 0 Å². The van der Waals surface area contributed by atoms with Crippen LogP contribution in [0.4, 0.5) is 0 Å². The third kappa shape index (κ3) is 9.55. The molecule has 1 aromatic carbocycles. The molecule has 1 aromatic rings. The van der Waals surface area contributed by atoms with Crippen LogP contribution < -0.4 is 4.74 Å². The summed E-state index contributed by atoms with van der Waals surface area (Å²) in [5.74, 6) is -0.347. The fourth-order valence-corrected chi connectivity index (χ4v) is 2.05. The minimum Gasteiger partial charge on any atom is -0.494 e. The molecule has 0 spiro atoms. The van der Waals surface area contributed by atoms with Crippen molar-refractivity contribution < 1.29 is 24.2 Å². The number of rotatable bonds is 9. The lowest BCUT2D eigenvalue weighted by atomic mass is 10.1. The topological polar surface area (TPSA) is 72.8 Å². The van der Waals surface area contributed by atoms with E-state index in [-0.39, 0.29) is 12.4 Å². The fraction of sp³-hybridized carbons (Fsp3) is 0.556. The molecule has 0 aromatic heterocycles. The van der Waals surface area contributed by atoms with E-state index >= 15 is 0 Å². The molecule has 0 unspecified atom stereocenters. The van der Waals surface area contributed by atoms with Gasteiger partial charge in [-0.2, -0.15) is 0 Å². The highest BCUT2D eigenvalue weighted by Crippen LogP contribution is 2.15. The smallest absolute Gasteiger partial charge is 0.307 e. The second-order valence-corrected chi connectivity index (χ2v) is 6.46. The third-order valence-electron chi connectivity index (χ3n) is 2.97. The van der Waals surface area contributed by atoms with Gasteiger partial charge in [-0.25, -0.2) is 0 Å². The predicted molar refractivity (Wildman–Crippen MR) is 87.6 cm³/mol. The second kappa shape index (κ2) is 9.18. The predicted octanol–water partition coefficient (Wildman–Crippen LogP) is 3.59. The average Bonchev–Trinajstić information content (AvgIpc) is 2.40. The molecule has 0 aliphatic rings. The Kier molecular flexibility index (Phi) is 7.59. The van der Waals surface area contributed by atoms with Crippen LogP contribution in [-0.4, -0.2) is 29.3 Å². The lowest BCUT2D eigenvalue weighted by molar-refractivity contribution is -0.155. The summed E-state index contributed by atoms with van der Waals surface area (Å²) >= 11 is 0. The second-order valence-electron chi connectivity index (χ2n) is 6.46. The van der Waals surface area contributed by atoms with Crippen LogP contribution in [-0.2, 0) is 20.7 Å². The van der Waals surface area contributed by atoms with Crippen LogP contribution in [0.1, 0.15) is 52.0 Å². The van der Waals surface area contributed by atoms with Gasteiger partial charge in [-0.15, -0.1) is 0 Å². The summed E-state index contributed by atoms with van der Waals surface area (Å²) in [6, 6.07) is 7.11. The van der Waals surface area contributed by atoms with E-state index in [9.17, 15) is 9.59 Å². The average molecular weight is 322 g/mol. The number of aliphatic carboxylic acids is 1. The van der Waals surface area contributed by atoms with Gasteiger partial charge in [0.25, 0.3) is 0 Å². The van der Waals surface area contributed by atoms with Crippen molar-refractivity contribution in [2.24, 2.45) is 0 Å². The van der Waals surface area contributed by atoms with Crippen molar-refractivity contribution >= 4 is 11.9 Å². The molecule has 0 saturated carbocycles. The Morgan fingerprint density at radius 3 is 2.52 bits per heavy atom. The van der Waals surface area contributed by atoms with Crippen LogP contribution in [0.5, 0.6) is 5.75 Å². The Morgan fingerprint density at radius 1 is 1.13 bits per heavy atom. The maximum Gasteiger partial charge on any atom is 0.307 e. The summed E-state index contributed by atoms with van der Waals surface area (Å²) in [5.41, 5.74) is 0.293. The number of carboxylic acids is 1. The first kappa shape index (κ1) is 19.0. The molecule has 0 radical (unpaired) electrons. The standard InChI is InChI=1S/C18H26O5/c1-18(2,3)23-17(21)10-5-4-6-11-22-15-9-7-8-14(12-15)13-16(19)20/h7-9,12H,4-6,10-11,13H2,1-3H3,(H,19,20). The normalized spacial score (nSPS) is 11.1. The van der Waals surface area contributed by atoms with Crippen molar-refractivity contribution in [3.63, 3.8) is 0 Å². The highest BCUT2D eigenvalue weighted by Gasteiger charge is 2.15.